The molecule has 0 radical (unpaired) electrons. The minimum Gasteiger partial charge on any atom is -0.303 e. The summed E-state index contributed by atoms with van der Waals surface area (Å²) in [6.45, 7) is 21.0. The molecule has 0 bridgehead atoms. The Hall–Kier alpha value is -1.49. The van der Waals surface area contributed by atoms with Crippen LogP contribution in [0.3, 0.4) is 0 Å². The van der Waals surface area contributed by atoms with Gasteiger partial charge in [0.1, 0.15) is 6.29 Å². The summed E-state index contributed by atoms with van der Waals surface area (Å²) >= 11 is 4.24. The first-order valence-corrected chi connectivity index (χ1v) is 23.8. The molecule has 0 aromatic rings. The zero-order valence-electron chi connectivity index (χ0n) is 31.2. The molecule has 0 aromatic heterocycles. The van der Waals surface area contributed by atoms with Gasteiger partial charge < -0.3 is 4.79 Å². The normalized spacial score (nSPS) is 18.7. The highest BCUT2D eigenvalue weighted by Crippen LogP contribution is 2.30. The zero-order chi connectivity index (χ0) is 36.7. The maximum Gasteiger partial charge on any atom is 0.189 e. The van der Waals surface area contributed by atoms with Crippen LogP contribution in [0.25, 0.3) is 0 Å². The lowest BCUT2D eigenvalue weighted by Gasteiger charge is -2.19. The minimum atomic E-state index is -0.116. The van der Waals surface area contributed by atoms with Crippen LogP contribution >= 0.6 is 37.2 Å². The van der Waals surface area contributed by atoms with Crippen molar-refractivity contribution in [2.45, 2.75) is 153 Å². The monoisotopic (exact) mass is 876 g/mol. The second-order valence-corrected chi connectivity index (χ2v) is 12.2. The molecule has 0 atom stereocenters. The summed E-state index contributed by atoms with van der Waals surface area (Å²) in [6.07, 6.45) is 17.9. The van der Waals surface area contributed by atoms with E-state index in [9.17, 15) is 24.0 Å². The zero-order valence-corrected chi connectivity index (χ0v) is 35.5. The van der Waals surface area contributed by atoms with Crippen molar-refractivity contribution in [3.63, 3.8) is 0 Å². The van der Waals surface area contributed by atoms with Gasteiger partial charge in [0.15, 0.2) is 23.1 Å². The van der Waals surface area contributed by atoms with Crippen LogP contribution in [0.4, 0.5) is 0 Å². The van der Waals surface area contributed by atoms with E-state index in [1.807, 2.05) is 75.3 Å². The summed E-state index contributed by atoms with van der Waals surface area (Å²) in [5.41, 5.74) is 6.85. The molecule has 0 heterocycles. The van der Waals surface area contributed by atoms with E-state index >= 15 is 0 Å². The summed E-state index contributed by atoms with van der Waals surface area (Å²) in [5.74, 6) is 0.644. The number of aldehydes is 1. The summed E-state index contributed by atoms with van der Waals surface area (Å²) < 4.78 is 0. The Labute approximate surface area is 310 Å². The topological polar surface area (TPSA) is 85.3 Å². The predicted octanol–water partition coefficient (Wildman–Crippen LogP) is 12.1. The first kappa shape index (κ1) is 47.6. The lowest BCUT2D eigenvalue weighted by Crippen LogP contribution is -2.18. The van der Waals surface area contributed by atoms with Gasteiger partial charge in [0, 0.05) is 56.0 Å². The van der Waals surface area contributed by atoms with Gasteiger partial charge in [-0.1, -0.05) is 83.4 Å². The fraction of sp³-hybridized carbons (Fsp3) is 0.625. The van der Waals surface area contributed by atoms with Gasteiger partial charge in [0.2, 0.25) is 0 Å². The average Bonchev–Trinajstić information content (AvgIpc) is 3.09. The molecule has 4 aliphatic carbocycles. The molecule has 2 fully saturated rings. The summed E-state index contributed by atoms with van der Waals surface area (Å²) in [5, 5.41) is 0. The molecule has 5 nitrogen and oxygen atoms in total. The highest BCUT2D eigenvalue weighted by molar-refractivity contribution is 15.0. The standard InChI is InChI=1S/C18H24O2.C11H14O2.C7H12O.2C2H6.I2/c1-12-11-17(20)18(14(3)13(12)2)16(19)10-9-15-7-5-4-6-8-15;1-6-5-10(13)11(9(4)12)8(3)7(6)2;8-6-7-4-2-1-3-5-7;3*1-2/h9-10,15H,4-8,11H2,1-3H3;5H2,1-4H3;6-7H,1-5H2;2*1-2H3;/b10-9+;;;;;. The second-order valence-electron chi connectivity index (χ2n) is 12.2. The fourth-order valence-corrected chi connectivity index (χ4v) is 6.04. The first-order chi connectivity index (χ1) is 22.4. The van der Waals surface area contributed by atoms with Gasteiger partial charge in [-0.2, -0.15) is 0 Å². The third-order valence-electron chi connectivity index (χ3n) is 9.17. The lowest BCUT2D eigenvalue weighted by atomic mass is 9.84. The van der Waals surface area contributed by atoms with Crippen LogP contribution in [0.1, 0.15) is 153 Å². The molecule has 47 heavy (non-hydrogen) atoms. The number of Topliss-reactive ketones (excluding diaryl/α,β-unsaturated/α-hetero) is 3. The van der Waals surface area contributed by atoms with Crippen LogP contribution in [-0.2, 0) is 24.0 Å². The van der Waals surface area contributed by atoms with Gasteiger partial charge in [-0.15, -0.1) is 0 Å². The smallest absolute Gasteiger partial charge is 0.189 e. The molecule has 0 aromatic carbocycles. The van der Waals surface area contributed by atoms with Crippen LogP contribution in [0.15, 0.2) is 56.7 Å². The van der Waals surface area contributed by atoms with Crippen LogP contribution < -0.4 is 0 Å². The molecule has 0 spiro atoms. The Morgan fingerprint density at radius 1 is 0.596 bits per heavy atom. The summed E-state index contributed by atoms with van der Waals surface area (Å²) in [6, 6.07) is 0. The Bertz CT molecular complexity index is 1200. The highest BCUT2D eigenvalue weighted by atomic mass is 128. The Morgan fingerprint density at radius 3 is 1.32 bits per heavy atom. The van der Waals surface area contributed by atoms with E-state index in [1.165, 1.54) is 58.3 Å². The van der Waals surface area contributed by atoms with Crippen molar-refractivity contribution < 1.29 is 24.0 Å². The number of halogens is 2. The Kier molecular flexibility index (Phi) is 27.7. The van der Waals surface area contributed by atoms with Crippen LogP contribution in [0.5, 0.6) is 0 Å². The van der Waals surface area contributed by atoms with Gasteiger partial charge in [-0.05, 0) is 108 Å². The van der Waals surface area contributed by atoms with Crippen molar-refractivity contribution in [2.24, 2.45) is 11.8 Å². The number of allylic oxidation sites excluding steroid dienone is 10. The molecule has 0 saturated heterocycles. The predicted molar refractivity (Wildman–Crippen MR) is 216 cm³/mol. The van der Waals surface area contributed by atoms with Gasteiger partial charge in [-0.3, -0.25) is 19.2 Å². The van der Waals surface area contributed by atoms with E-state index in [-0.39, 0.29) is 23.1 Å². The van der Waals surface area contributed by atoms with E-state index in [1.54, 1.807) is 6.08 Å². The molecule has 0 unspecified atom stereocenters. The van der Waals surface area contributed by atoms with E-state index in [0.29, 0.717) is 35.8 Å². The Morgan fingerprint density at radius 2 is 0.957 bits per heavy atom. The molecule has 2 saturated carbocycles. The maximum atomic E-state index is 12.3. The van der Waals surface area contributed by atoms with Crippen molar-refractivity contribution >= 4 is 66.7 Å². The molecular formula is C40H62I2O5. The first-order valence-electron chi connectivity index (χ1n) is 17.5. The number of carbonyl (C=O) groups is 5. The number of hydrogen-bond donors (Lipinski definition) is 0. The van der Waals surface area contributed by atoms with Crippen molar-refractivity contribution in [1.29, 1.82) is 0 Å². The van der Waals surface area contributed by atoms with Crippen molar-refractivity contribution in [2.75, 3.05) is 0 Å². The van der Waals surface area contributed by atoms with Gasteiger partial charge in [0.05, 0.1) is 11.1 Å². The number of hydrogen-bond acceptors (Lipinski definition) is 5. The average molecular weight is 877 g/mol. The van der Waals surface area contributed by atoms with Gasteiger partial charge in [0.25, 0.3) is 0 Å². The number of rotatable bonds is 5. The minimum absolute atomic E-state index is 0.0242. The molecule has 0 aliphatic heterocycles. The van der Waals surface area contributed by atoms with E-state index in [0.717, 1.165) is 52.6 Å². The largest absolute Gasteiger partial charge is 0.303 e. The third-order valence-corrected chi connectivity index (χ3v) is 9.17. The molecule has 0 amide bonds. The molecule has 4 rings (SSSR count). The SMILES string of the molecule is CC.CC.CC(=O)C1=C(C)C(C)=C(C)CC1=O.CC1=C(C)C(C)=C(C(=O)/C=C/C2CCCCC2)C(=O)C1.II.O=CC1CCCCC1. The molecule has 0 N–H and O–H groups in total. The van der Waals surface area contributed by atoms with Crippen LogP contribution in [-0.4, -0.2) is 29.4 Å². The Balaban J connectivity index is 0. The third kappa shape index (κ3) is 16.6. The summed E-state index contributed by atoms with van der Waals surface area (Å²) in [4.78, 5) is 57.3. The van der Waals surface area contributed by atoms with Crippen molar-refractivity contribution in [3.05, 3.63) is 56.7 Å². The molecule has 4 aliphatic rings. The van der Waals surface area contributed by atoms with Gasteiger partial charge >= 0.3 is 0 Å². The van der Waals surface area contributed by atoms with Crippen LogP contribution in [0.2, 0.25) is 0 Å². The van der Waals surface area contributed by atoms with Gasteiger partial charge in [-0.25, -0.2) is 0 Å². The summed E-state index contributed by atoms with van der Waals surface area (Å²) in [7, 11) is 0. The van der Waals surface area contributed by atoms with E-state index < -0.39 is 0 Å². The molecule has 266 valence electrons. The maximum absolute atomic E-state index is 12.3. The second kappa shape index (κ2) is 27.3. The van der Waals surface area contributed by atoms with E-state index in [4.69, 9.17) is 0 Å². The molecular weight excluding hydrogens is 814 g/mol. The van der Waals surface area contributed by atoms with Crippen molar-refractivity contribution in [3.8, 4) is 0 Å². The van der Waals surface area contributed by atoms with Crippen molar-refractivity contribution in [1.82, 2.24) is 0 Å². The quantitative estimate of drug-likeness (QED) is 0.119. The number of ketones is 4. The molecule has 7 heteroatoms. The highest BCUT2D eigenvalue weighted by Gasteiger charge is 2.26. The van der Waals surface area contributed by atoms with Crippen LogP contribution in [0, 0.1) is 11.8 Å². The number of carbonyl (C=O) groups excluding carboxylic acids is 5. The lowest BCUT2D eigenvalue weighted by molar-refractivity contribution is -0.121. The van der Waals surface area contributed by atoms with E-state index in [2.05, 4.69) is 37.2 Å². The fourth-order valence-electron chi connectivity index (χ4n) is 6.04.